The Morgan fingerprint density at radius 1 is 0.871 bits per heavy atom. The van der Waals surface area contributed by atoms with E-state index in [1.54, 1.807) is 13.8 Å². The van der Waals surface area contributed by atoms with E-state index in [0.29, 0.717) is 31.8 Å². The number of carbonyl (C=O) groups is 6. The van der Waals surface area contributed by atoms with Gasteiger partial charge in [-0.05, 0) is 83.5 Å². The predicted octanol–water partition coefficient (Wildman–Crippen LogP) is 2.75. The van der Waals surface area contributed by atoms with E-state index in [1.807, 2.05) is 13.8 Å². The maximum Gasteiger partial charge on any atom is 0.354 e. The number of fused-ring (bicyclic) bond motifs is 5. The van der Waals surface area contributed by atoms with Crippen LogP contribution in [-0.2, 0) is 61.9 Å². The van der Waals surface area contributed by atoms with Gasteiger partial charge in [0.15, 0.2) is 12.2 Å². The molecule has 4 saturated carbocycles. The first kappa shape index (κ1) is 46.6. The average Bonchev–Trinajstić information content (AvgIpc) is 3.43. The third-order valence-electron chi connectivity index (χ3n) is 16.7. The van der Waals surface area contributed by atoms with Crippen LogP contribution in [0, 0.1) is 46.8 Å². The highest BCUT2D eigenvalue weighted by Crippen LogP contribution is 2.78. The summed E-state index contributed by atoms with van der Waals surface area (Å²) in [6.07, 6.45) is -4.49. The van der Waals surface area contributed by atoms with Crippen LogP contribution in [0.3, 0.4) is 0 Å². The standard InChI is InChI=1S/C45H67NO16/c1-12-22(3)38(51)60-37-35(58-26(7)49)34-28(20-46-19-21(2)13-14-32(46)41(34,10)53)29-18-43-36(44(29,37)54)30(57-25(6)48)17-31-40(43,9)16-15-33(45(31,55)62-43)59-39(52)42(11,61-27(8)50)23(4)56-24(5)47/h21-23,28-37,53-55H,12-20H2,1-11H3/t21-,22+,23+,28-,29+,30-,31-,32+,33-,34+,35-,36-,37+,40+,41-,42-,43-,44+,45+/m1/s1. The van der Waals surface area contributed by atoms with Crippen LogP contribution in [-0.4, -0.2) is 134 Å². The monoisotopic (exact) mass is 877 g/mol. The SMILES string of the molecule is CC[C@H](C)C(=O)O[C@H]1[C@H](OC(C)=O)[C@@H]2[C@H](CN3C[C@H](C)CC[C@H]3[C@@]2(C)O)[C@@H]2C[C@]34O[C@]5(O)[C@H](OC(=O)[C@](C)(OC(C)=O)[C@H](C)OC(C)=O)CC[C@@]3(C)[C@H]5C[C@@H](OC(C)=O)[C@H]4[C@@]21O. The molecule has 7 rings (SSSR count). The number of hydrogen-bond acceptors (Lipinski definition) is 17. The Balaban J connectivity index is 1.39. The Bertz CT molecular complexity index is 1860. The summed E-state index contributed by atoms with van der Waals surface area (Å²) >= 11 is 0. The van der Waals surface area contributed by atoms with E-state index in [1.165, 1.54) is 27.7 Å². The molecule has 0 aromatic heterocycles. The molecule has 17 nitrogen and oxygen atoms in total. The van der Waals surface area contributed by atoms with Gasteiger partial charge in [-0.2, -0.15) is 0 Å². The van der Waals surface area contributed by atoms with Gasteiger partial charge >= 0.3 is 35.8 Å². The minimum Gasteiger partial charge on any atom is -0.462 e. The van der Waals surface area contributed by atoms with Gasteiger partial charge in [0, 0.05) is 64.1 Å². The first-order valence-electron chi connectivity index (χ1n) is 22.5. The van der Waals surface area contributed by atoms with Crippen molar-refractivity contribution in [1.29, 1.82) is 0 Å². The molecule has 1 spiro atoms. The highest BCUT2D eigenvalue weighted by molar-refractivity contribution is 5.84. The number of carbonyl (C=O) groups excluding carboxylic acids is 6. The van der Waals surface area contributed by atoms with E-state index in [9.17, 15) is 44.1 Å². The van der Waals surface area contributed by atoms with Crippen molar-refractivity contribution in [3.63, 3.8) is 0 Å². The second kappa shape index (κ2) is 15.7. The van der Waals surface area contributed by atoms with Gasteiger partial charge < -0.3 is 48.5 Å². The number of esters is 6. The van der Waals surface area contributed by atoms with Crippen LogP contribution in [0.1, 0.15) is 121 Å². The van der Waals surface area contributed by atoms with Gasteiger partial charge in [-0.25, -0.2) is 4.79 Å². The molecule has 17 heteroatoms. The fourth-order valence-electron chi connectivity index (χ4n) is 13.9. The maximum atomic E-state index is 14.2. The van der Waals surface area contributed by atoms with Crippen LogP contribution in [0.25, 0.3) is 0 Å². The van der Waals surface area contributed by atoms with Crippen molar-refractivity contribution in [3.8, 4) is 0 Å². The largest absolute Gasteiger partial charge is 0.462 e. The first-order valence-corrected chi connectivity index (χ1v) is 22.5. The summed E-state index contributed by atoms with van der Waals surface area (Å²) in [6, 6.07) is -0.327. The normalized spacial score (nSPS) is 45.9. The molecule has 0 amide bonds. The van der Waals surface area contributed by atoms with Gasteiger partial charge in [-0.3, -0.25) is 28.9 Å². The van der Waals surface area contributed by atoms with Gasteiger partial charge in [0.05, 0.1) is 23.0 Å². The Kier molecular flexibility index (Phi) is 11.8. The second-order valence-electron chi connectivity index (χ2n) is 20.5. The van der Waals surface area contributed by atoms with Crippen LogP contribution in [0.5, 0.6) is 0 Å². The molecule has 3 N–H and O–H groups in total. The number of ether oxygens (including phenoxy) is 7. The maximum absolute atomic E-state index is 14.2. The fourth-order valence-corrected chi connectivity index (χ4v) is 13.9. The number of hydrogen-bond donors (Lipinski definition) is 3. The minimum atomic E-state index is -2.26. The van der Waals surface area contributed by atoms with E-state index in [-0.39, 0.29) is 31.7 Å². The van der Waals surface area contributed by atoms with Crippen molar-refractivity contribution < 1.29 is 77.2 Å². The lowest BCUT2D eigenvalue weighted by molar-refractivity contribution is -0.302. The Hall–Kier alpha value is -3.38. The zero-order valence-electron chi connectivity index (χ0n) is 38.0. The zero-order valence-corrected chi connectivity index (χ0v) is 38.0. The van der Waals surface area contributed by atoms with Gasteiger partial charge in [0.1, 0.15) is 23.9 Å². The van der Waals surface area contributed by atoms with Crippen molar-refractivity contribution >= 4 is 35.8 Å². The Morgan fingerprint density at radius 2 is 1.53 bits per heavy atom. The van der Waals surface area contributed by atoms with E-state index in [4.69, 9.17) is 33.2 Å². The number of piperidine rings is 2. The molecular weight excluding hydrogens is 810 g/mol. The number of rotatable bonds is 10. The second-order valence-corrected chi connectivity index (χ2v) is 20.5. The minimum absolute atomic E-state index is 0.0477. The summed E-state index contributed by atoms with van der Waals surface area (Å²) in [5.41, 5.74) is -8.28. The molecule has 3 saturated heterocycles. The molecule has 3 aliphatic heterocycles. The summed E-state index contributed by atoms with van der Waals surface area (Å²) in [5, 5.41) is 40.0. The molecule has 4 bridgehead atoms. The molecule has 19 atom stereocenters. The summed E-state index contributed by atoms with van der Waals surface area (Å²) < 4.78 is 42.7. The third-order valence-corrected chi connectivity index (χ3v) is 16.7. The summed E-state index contributed by atoms with van der Waals surface area (Å²) in [7, 11) is 0. The molecule has 348 valence electrons. The molecule has 0 aromatic carbocycles. The Labute approximate surface area is 363 Å². The van der Waals surface area contributed by atoms with Crippen LogP contribution >= 0.6 is 0 Å². The molecule has 62 heavy (non-hydrogen) atoms. The van der Waals surface area contributed by atoms with Gasteiger partial charge in [-0.15, -0.1) is 0 Å². The molecule has 7 fully saturated rings. The molecular formula is C45H67NO16. The number of nitrogens with zero attached hydrogens (tertiary/aromatic N) is 1. The van der Waals surface area contributed by atoms with Gasteiger partial charge in [0.2, 0.25) is 11.4 Å². The summed E-state index contributed by atoms with van der Waals surface area (Å²) in [4.78, 5) is 81.1. The molecule has 0 aromatic rings. The van der Waals surface area contributed by atoms with Crippen molar-refractivity contribution in [2.75, 3.05) is 13.1 Å². The zero-order chi connectivity index (χ0) is 45.9. The molecule has 0 radical (unpaired) electrons. The fraction of sp³-hybridized carbons (Fsp3) is 0.867. The van der Waals surface area contributed by atoms with Crippen molar-refractivity contribution in [2.45, 2.75) is 186 Å². The third kappa shape index (κ3) is 6.79. The lowest BCUT2D eigenvalue weighted by Crippen LogP contribution is -2.77. The van der Waals surface area contributed by atoms with E-state index in [2.05, 4.69) is 11.8 Å². The lowest BCUT2D eigenvalue weighted by Gasteiger charge is -2.64. The smallest absolute Gasteiger partial charge is 0.354 e. The topological polar surface area (TPSA) is 231 Å². The molecule has 0 unspecified atom stereocenters. The van der Waals surface area contributed by atoms with Crippen LogP contribution < -0.4 is 0 Å². The molecule has 4 aliphatic carbocycles. The highest BCUT2D eigenvalue weighted by Gasteiger charge is 2.88. The summed E-state index contributed by atoms with van der Waals surface area (Å²) in [6.45, 7) is 17.7. The van der Waals surface area contributed by atoms with E-state index >= 15 is 0 Å². The predicted molar refractivity (Wildman–Crippen MR) is 214 cm³/mol. The lowest BCUT2D eigenvalue weighted by atomic mass is 9.49. The van der Waals surface area contributed by atoms with Gasteiger partial charge in [0.25, 0.3) is 0 Å². The van der Waals surface area contributed by atoms with Crippen LogP contribution in [0.15, 0.2) is 0 Å². The van der Waals surface area contributed by atoms with Crippen LogP contribution in [0.2, 0.25) is 0 Å². The Morgan fingerprint density at radius 3 is 2.13 bits per heavy atom. The van der Waals surface area contributed by atoms with Crippen molar-refractivity contribution in [2.24, 2.45) is 46.8 Å². The van der Waals surface area contributed by atoms with Gasteiger partial charge in [-0.1, -0.05) is 27.7 Å². The van der Waals surface area contributed by atoms with Crippen molar-refractivity contribution in [1.82, 2.24) is 4.90 Å². The summed E-state index contributed by atoms with van der Waals surface area (Å²) in [5.74, 6) is -11.6. The molecule has 7 aliphatic rings. The quantitative estimate of drug-likeness (QED) is 0.212. The number of aliphatic hydroxyl groups is 3. The first-order chi connectivity index (χ1) is 28.7. The average molecular weight is 878 g/mol. The van der Waals surface area contributed by atoms with Crippen LogP contribution in [0.4, 0.5) is 0 Å². The van der Waals surface area contributed by atoms with Crippen molar-refractivity contribution in [3.05, 3.63) is 0 Å². The van der Waals surface area contributed by atoms with E-state index in [0.717, 1.165) is 20.3 Å². The highest BCUT2D eigenvalue weighted by atomic mass is 16.7. The van der Waals surface area contributed by atoms with E-state index < -0.39 is 135 Å². The molecule has 3 heterocycles.